The maximum Gasteiger partial charge on any atom is 0.335 e. The van der Waals surface area contributed by atoms with Gasteiger partial charge in [0.2, 0.25) is 0 Å². The standard InChI is InChI=1S/C32H34N2O4/c1-22(2)8-7-19-37-27-11-6-12-28(21-27)38-26-16-13-23(14-17-26)31-33-29-20-24(32(35)36)15-18-30(29)34(31)25-9-4-3-5-10-25/h6,8,11-18,20-21,25H,3-5,7,9-10,19H2,1-2H3,(H,35,36). The van der Waals surface area contributed by atoms with Gasteiger partial charge in [-0.2, -0.15) is 0 Å². The molecule has 1 N–H and O–H groups in total. The molecule has 3 aromatic carbocycles. The summed E-state index contributed by atoms with van der Waals surface area (Å²) in [4.78, 5) is 16.5. The Bertz CT molecular complexity index is 1440. The Balaban J connectivity index is 1.38. The van der Waals surface area contributed by atoms with Gasteiger partial charge in [-0.1, -0.05) is 37.0 Å². The fourth-order valence-corrected chi connectivity index (χ4v) is 5.10. The quantitative estimate of drug-likeness (QED) is 0.181. The number of nitrogens with zero attached hydrogens (tertiary/aromatic N) is 2. The third kappa shape index (κ3) is 5.91. The molecular weight excluding hydrogens is 476 g/mol. The van der Waals surface area contributed by atoms with Crippen molar-refractivity contribution in [2.24, 2.45) is 0 Å². The van der Waals surface area contributed by atoms with E-state index in [1.807, 2.05) is 54.6 Å². The van der Waals surface area contributed by atoms with E-state index in [4.69, 9.17) is 14.5 Å². The molecule has 6 nitrogen and oxygen atoms in total. The zero-order valence-corrected chi connectivity index (χ0v) is 22.0. The highest BCUT2D eigenvalue weighted by molar-refractivity contribution is 5.93. The number of hydrogen-bond acceptors (Lipinski definition) is 4. The van der Waals surface area contributed by atoms with Crippen LogP contribution in [-0.4, -0.2) is 27.2 Å². The van der Waals surface area contributed by atoms with Gasteiger partial charge in [-0.25, -0.2) is 9.78 Å². The molecule has 38 heavy (non-hydrogen) atoms. The van der Waals surface area contributed by atoms with E-state index in [-0.39, 0.29) is 5.56 Å². The number of benzene rings is 3. The van der Waals surface area contributed by atoms with E-state index in [9.17, 15) is 9.90 Å². The highest BCUT2D eigenvalue weighted by Gasteiger charge is 2.23. The maximum absolute atomic E-state index is 11.5. The van der Waals surface area contributed by atoms with Crippen molar-refractivity contribution in [1.82, 2.24) is 9.55 Å². The lowest BCUT2D eigenvalue weighted by atomic mass is 9.95. The fourth-order valence-electron chi connectivity index (χ4n) is 5.10. The lowest BCUT2D eigenvalue weighted by Crippen LogP contribution is -2.14. The number of fused-ring (bicyclic) bond motifs is 1. The number of aromatic nitrogens is 2. The number of imidazole rings is 1. The van der Waals surface area contributed by atoms with Gasteiger partial charge in [-0.05, 0) is 87.7 Å². The van der Waals surface area contributed by atoms with Gasteiger partial charge in [-0.3, -0.25) is 0 Å². The highest BCUT2D eigenvalue weighted by atomic mass is 16.5. The summed E-state index contributed by atoms with van der Waals surface area (Å²) >= 11 is 0. The number of allylic oxidation sites excluding steroid dienone is 1. The molecule has 0 spiro atoms. The van der Waals surface area contributed by atoms with Crippen LogP contribution in [0.1, 0.15) is 68.8 Å². The second kappa shape index (κ2) is 11.5. The molecule has 1 aliphatic rings. The minimum absolute atomic E-state index is 0.254. The Labute approximate surface area is 223 Å². The van der Waals surface area contributed by atoms with E-state index in [0.717, 1.165) is 47.7 Å². The first kappa shape index (κ1) is 25.6. The predicted molar refractivity (Wildman–Crippen MR) is 150 cm³/mol. The lowest BCUT2D eigenvalue weighted by Gasteiger charge is -2.25. The molecule has 0 bridgehead atoms. The lowest BCUT2D eigenvalue weighted by molar-refractivity contribution is 0.0697. The summed E-state index contributed by atoms with van der Waals surface area (Å²) in [5.74, 6) is 2.15. The summed E-state index contributed by atoms with van der Waals surface area (Å²) in [5, 5.41) is 9.47. The third-order valence-corrected chi connectivity index (χ3v) is 6.97. The second-order valence-electron chi connectivity index (χ2n) is 10.1. The Kier molecular flexibility index (Phi) is 7.78. The Morgan fingerprint density at radius 1 is 0.974 bits per heavy atom. The molecule has 5 rings (SSSR count). The van der Waals surface area contributed by atoms with Crippen molar-refractivity contribution in [2.75, 3.05) is 6.61 Å². The van der Waals surface area contributed by atoms with E-state index in [2.05, 4.69) is 24.5 Å². The average molecular weight is 511 g/mol. The van der Waals surface area contributed by atoms with Crippen LogP contribution in [0.4, 0.5) is 0 Å². The largest absolute Gasteiger partial charge is 0.493 e. The molecule has 4 aromatic rings. The van der Waals surface area contributed by atoms with E-state index in [0.29, 0.717) is 23.9 Å². The number of carboxylic acid groups (broad SMARTS) is 1. The smallest absolute Gasteiger partial charge is 0.335 e. The first-order valence-electron chi connectivity index (χ1n) is 13.4. The molecule has 1 heterocycles. The number of carbonyl (C=O) groups is 1. The summed E-state index contributed by atoms with van der Waals surface area (Å²) < 4.78 is 14.3. The van der Waals surface area contributed by atoms with Crippen molar-refractivity contribution >= 4 is 17.0 Å². The summed E-state index contributed by atoms with van der Waals surface area (Å²) in [5.41, 5.74) is 4.22. The molecule has 0 saturated heterocycles. The molecule has 0 unspecified atom stereocenters. The predicted octanol–water partition coefficient (Wildman–Crippen LogP) is 8.43. The monoisotopic (exact) mass is 510 g/mol. The second-order valence-corrected chi connectivity index (χ2v) is 10.1. The summed E-state index contributed by atoms with van der Waals surface area (Å²) in [6.45, 7) is 4.79. The van der Waals surface area contributed by atoms with Gasteiger partial charge < -0.3 is 19.1 Å². The van der Waals surface area contributed by atoms with E-state index in [1.165, 1.54) is 24.8 Å². The maximum atomic E-state index is 11.5. The number of ether oxygens (including phenoxy) is 2. The van der Waals surface area contributed by atoms with Crippen molar-refractivity contribution in [3.63, 3.8) is 0 Å². The molecule has 0 radical (unpaired) electrons. The van der Waals surface area contributed by atoms with Gasteiger partial charge in [0.25, 0.3) is 0 Å². The van der Waals surface area contributed by atoms with Gasteiger partial charge in [0.05, 0.1) is 23.2 Å². The Morgan fingerprint density at radius 3 is 2.47 bits per heavy atom. The number of carboxylic acids is 1. The van der Waals surface area contributed by atoms with Crippen molar-refractivity contribution in [1.29, 1.82) is 0 Å². The molecule has 0 atom stereocenters. The minimum Gasteiger partial charge on any atom is -0.493 e. The molecule has 6 heteroatoms. The van der Waals surface area contributed by atoms with Crippen molar-refractivity contribution in [3.8, 4) is 28.6 Å². The molecule has 1 aliphatic carbocycles. The summed E-state index contributed by atoms with van der Waals surface area (Å²) in [6, 6.07) is 21.2. The zero-order valence-electron chi connectivity index (χ0n) is 22.0. The van der Waals surface area contributed by atoms with Crippen molar-refractivity contribution in [3.05, 3.63) is 83.9 Å². The number of rotatable bonds is 9. The van der Waals surface area contributed by atoms with Gasteiger partial charge >= 0.3 is 5.97 Å². The normalized spacial score (nSPS) is 13.8. The molecule has 1 fully saturated rings. The van der Waals surface area contributed by atoms with E-state index < -0.39 is 5.97 Å². The highest BCUT2D eigenvalue weighted by Crippen LogP contribution is 2.37. The van der Waals surface area contributed by atoms with Crippen molar-refractivity contribution in [2.45, 2.75) is 58.4 Å². The van der Waals surface area contributed by atoms with Crippen LogP contribution in [0.5, 0.6) is 17.2 Å². The first-order chi connectivity index (χ1) is 18.5. The Hall–Kier alpha value is -4.06. The van der Waals surface area contributed by atoms with Crippen LogP contribution in [0, 0.1) is 0 Å². The van der Waals surface area contributed by atoms with Crippen molar-refractivity contribution < 1.29 is 19.4 Å². The summed E-state index contributed by atoms with van der Waals surface area (Å²) in [7, 11) is 0. The SMILES string of the molecule is CC(C)=CCCOc1cccc(Oc2ccc(-c3nc4cc(C(=O)O)ccc4n3C3CCCCC3)cc2)c1. The van der Waals surface area contributed by atoms with Crippen LogP contribution >= 0.6 is 0 Å². The van der Waals surface area contributed by atoms with Crippen LogP contribution < -0.4 is 9.47 Å². The van der Waals surface area contributed by atoms with Crippen LogP contribution in [0.3, 0.4) is 0 Å². The average Bonchev–Trinajstić information content (AvgIpc) is 3.31. The molecule has 0 amide bonds. The Morgan fingerprint density at radius 2 is 1.74 bits per heavy atom. The van der Waals surface area contributed by atoms with Crippen LogP contribution in [0.15, 0.2) is 78.4 Å². The topological polar surface area (TPSA) is 73.6 Å². The fraction of sp³-hybridized carbons (Fsp3) is 0.312. The van der Waals surface area contributed by atoms with Crippen LogP contribution in [-0.2, 0) is 0 Å². The zero-order chi connectivity index (χ0) is 26.5. The number of hydrogen-bond donors (Lipinski definition) is 1. The molecule has 196 valence electrons. The molecule has 1 aromatic heterocycles. The van der Waals surface area contributed by atoms with Crippen LogP contribution in [0.25, 0.3) is 22.4 Å². The van der Waals surface area contributed by atoms with Gasteiger partial charge in [0.1, 0.15) is 23.1 Å². The number of aromatic carboxylic acids is 1. The van der Waals surface area contributed by atoms with Gasteiger partial charge in [-0.15, -0.1) is 0 Å². The molecule has 1 saturated carbocycles. The van der Waals surface area contributed by atoms with Crippen LogP contribution in [0.2, 0.25) is 0 Å². The molecule has 0 aliphatic heterocycles. The van der Waals surface area contributed by atoms with E-state index >= 15 is 0 Å². The summed E-state index contributed by atoms with van der Waals surface area (Å²) in [6.07, 6.45) is 8.90. The first-order valence-corrected chi connectivity index (χ1v) is 13.4. The molecular formula is C32H34N2O4. The van der Waals surface area contributed by atoms with Gasteiger partial charge in [0.15, 0.2) is 0 Å². The van der Waals surface area contributed by atoms with E-state index in [1.54, 1.807) is 12.1 Å². The minimum atomic E-state index is -0.940. The third-order valence-electron chi connectivity index (χ3n) is 6.97. The van der Waals surface area contributed by atoms with Gasteiger partial charge in [0, 0.05) is 17.7 Å².